The SMILES string of the molecule is CC(C)(C)OC(=O)N1CCC(Cc2ccc(OC/C=C/Br)cc2)CC1. The molecule has 4 nitrogen and oxygen atoms in total. The van der Waals surface area contributed by atoms with Gasteiger partial charge < -0.3 is 14.4 Å². The van der Waals surface area contributed by atoms with Crippen molar-refractivity contribution in [2.75, 3.05) is 19.7 Å². The highest BCUT2D eigenvalue weighted by atomic mass is 79.9. The van der Waals surface area contributed by atoms with Crippen molar-refractivity contribution >= 4 is 22.0 Å². The van der Waals surface area contributed by atoms with E-state index in [-0.39, 0.29) is 6.09 Å². The fourth-order valence-corrected chi connectivity index (χ4v) is 3.03. The Bertz CT molecular complexity index is 570. The minimum Gasteiger partial charge on any atom is -0.490 e. The van der Waals surface area contributed by atoms with Crippen molar-refractivity contribution in [2.24, 2.45) is 5.92 Å². The van der Waals surface area contributed by atoms with Crippen molar-refractivity contribution in [3.63, 3.8) is 0 Å². The second kappa shape index (κ2) is 9.27. The van der Waals surface area contributed by atoms with E-state index in [0.29, 0.717) is 12.5 Å². The van der Waals surface area contributed by atoms with Gasteiger partial charge in [-0.15, -0.1) is 0 Å². The number of carbonyl (C=O) groups excluding carboxylic acids is 1. The molecule has 1 fully saturated rings. The zero-order valence-corrected chi connectivity index (χ0v) is 16.9. The van der Waals surface area contributed by atoms with Crippen LogP contribution in [0.4, 0.5) is 4.79 Å². The number of carbonyl (C=O) groups is 1. The van der Waals surface area contributed by atoms with Crippen LogP contribution in [0.3, 0.4) is 0 Å². The van der Waals surface area contributed by atoms with Gasteiger partial charge >= 0.3 is 6.09 Å². The summed E-state index contributed by atoms with van der Waals surface area (Å²) in [6.45, 7) is 7.83. The van der Waals surface area contributed by atoms with Crippen LogP contribution in [0, 0.1) is 5.92 Å². The molecule has 1 aliphatic rings. The summed E-state index contributed by atoms with van der Waals surface area (Å²) in [6, 6.07) is 8.31. The molecule has 0 aromatic heterocycles. The van der Waals surface area contributed by atoms with Gasteiger partial charge in [0.1, 0.15) is 18.0 Å². The monoisotopic (exact) mass is 409 g/mol. The van der Waals surface area contributed by atoms with E-state index in [0.717, 1.165) is 38.1 Å². The number of piperidine rings is 1. The van der Waals surface area contributed by atoms with Crippen molar-refractivity contribution in [3.8, 4) is 5.75 Å². The Morgan fingerprint density at radius 2 is 1.88 bits per heavy atom. The van der Waals surface area contributed by atoms with E-state index < -0.39 is 5.60 Å². The van der Waals surface area contributed by atoms with Crippen molar-refractivity contribution < 1.29 is 14.3 Å². The van der Waals surface area contributed by atoms with Crippen LogP contribution in [0.5, 0.6) is 5.75 Å². The van der Waals surface area contributed by atoms with E-state index in [1.165, 1.54) is 5.56 Å². The van der Waals surface area contributed by atoms with Crippen LogP contribution < -0.4 is 4.74 Å². The Kier molecular flexibility index (Phi) is 7.36. The topological polar surface area (TPSA) is 38.8 Å². The van der Waals surface area contributed by atoms with Crippen LogP contribution >= 0.6 is 15.9 Å². The van der Waals surface area contributed by atoms with Gasteiger partial charge in [0.2, 0.25) is 0 Å². The maximum absolute atomic E-state index is 12.1. The number of ether oxygens (including phenoxy) is 2. The minimum absolute atomic E-state index is 0.190. The summed E-state index contributed by atoms with van der Waals surface area (Å²) in [4.78, 5) is 15.7. The molecule has 0 radical (unpaired) electrons. The highest BCUT2D eigenvalue weighted by molar-refractivity contribution is 9.11. The third kappa shape index (κ3) is 7.10. The van der Waals surface area contributed by atoms with E-state index in [4.69, 9.17) is 9.47 Å². The van der Waals surface area contributed by atoms with E-state index in [2.05, 4.69) is 28.1 Å². The molecule has 0 saturated carbocycles. The van der Waals surface area contributed by atoms with Crippen LogP contribution in [-0.2, 0) is 11.2 Å². The van der Waals surface area contributed by atoms with Gasteiger partial charge in [-0.25, -0.2) is 4.79 Å². The van der Waals surface area contributed by atoms with Crippen LogP contribution in [-0.4, -0.2) is 36.3 Å². The lowest BCUT2D eigenvalue weighted by atomic mass is 9.90. The Balaban J connectivity index is 1.77. The average Bonchev–Trinajstić information content (AvgIpc) is 2.56. The van der Waals surface area contributed by atoms with Gasteiger partial charge in [-0.1, -0.05) is 28.1 Å². The normalized spacial score (nSPS) is 16.2. The number of benzene rings is 1. The molecule has 0 aliphatic carbocycles. The lowest BCUT2D eigenvalue weighted by Crippen LogP contribution is -2.42. The molecular formula is C20H28BrNO3. The first-order chi connectivity index (χ1) is 11.9. The smallest absolute Gasteiger partial charge is 0.410 e. The Morgan fingerprint density at radius 1 is 1.24 bits per heavy atom. The second-order valence-corrected chi connectivity index (χ2v) is 7.96. The number of likely N-dealkylation sites (tertiary alicyclic amines) is 1. The van der Waals surface area contributed by atoms with Gasteiger partial charge in [0.25, 0.3) is 0 Å². The number of amides is 1. The number of hydrogen-bond acceptors (Lipinski definition) is 3. The molecule has 0 unspecified atom stereocenters. The summed E-state index contributed by atoms with van der Waals surface area (Å²) in [7, 11) is 0. The highest BCUT2D eigenvalue weighted by Crippen LogP contribution is 2.24. The molecule has 2 rings (SSSR count). The lowest BCUT2D eigenvalue weighted by Gasteiger charge is -2.33. The summed E-state index contributed by atoms with van der Waals surface area (Å²) in [5, 5.41) is 0. The maximum Gasteiger partial charge on any atom is 0.410 e. The van der Waals surface area contributed by atoms with Crippen molar-refractivity contribution in [1.82, 2.24) is 4.90 Å². The summed E-state index contributed by atoms with van der Waals surface area (Å²) in [6.07, 6.45) is 4.81. The highest BCUT2D eigenvalue weighted by Gasteiger charge is 2.26. The summed E-state index contributed by atoms with van der Waals surface area (Å²) < 4.78 is 11.0. The van der Waals surface area contributed by atoms with Crippen LogP contribution in [0.25, 0.3) is 0 Å². The van der Waals surface area contributed by atoms with Gasteiger partial charge in [0.05, 0.1) is 0 Å². The summed E-state index contributed by atoms with van der Waals surface area (Å²) in [5.41, 5.74) is 0.890. The quantitative estimate of drug-likeness (QED) is 0.673. The molecule has 1 heterocycles. The van der Waals surface area contributed by atoms with Gasteiger partial charge in [0, 0.05) is 13.1 Å². The first-order valence-corrected chi connectivity index (χ1v) is 9.74. The van der Waals surface area contributed by atoms with Gasteiger partial charge in [-0.05, 0) is 74.7 Å². The molecule has 5 heteroatoms. The molecule has 0 N–H and O–H groups in total. The predicted octanol–water partition coefficient (Wildman–Crippen LogP) is 5.16. The summed E-state index contributed by atoms with van der Waals surface area (Å²) >= 11 is 3.22. The fourth-order valence-electron chi connectivity index (χ4n) is 2.88. The Labute approximate surface area is 159 Å². The largest absolute Gasteiger partial charge is 0.490 e. The standard InChI is InChI=1S/C20H28BrNO3/c1-20(2,3)25-19(23)22-12-9-17(10-13-22)15-16-5-7-18(8-6-16)24-14-4-11-21/h4-8,11,17H,9-10,12-15H2,1-3H3/b11-4+. The molecule has 1 amide bonds. The number of hydrogen-bond donors (Lipinski definition) is 0. The van der Waals surface area contributed by atoms with E-state index in [1.807, 2.05) is 43.9 Å². The first-order valence-electron chi connectivity index (χ1n) is 8.82. The Hall–Kier alpha value is -1.49. The Morgan fingerprint density at radius 3 is 2.44 bits per heavy atom. The van der Waals surface area contributed by atoms with Crippen LogP contribution in [0.2, 0.25) is 0 Å². The zero-order valence-electron chi connectivity index (χ0n) is 15.3. The van der Waals surface area contributed by atoms with E-state index >= 15 is 0 Å². The third-order valence-electron chi connectivity index (χ3n) is 4.15. The molecule has 1 aliphatic heterocycles. The third-order valence-corrected chi connectivity index (χ3v) is 4.52. The van der Waals surface area contributed by atoms with Crippen molar-refractivity contribution in [2.45, 2.75) is 45.6 Å². The van der Waals surface area contributed by atoms with Gasteiger partial charge in [0.15, 0.2) is 0 Å². The first kappa shape index (κ1) is 19.8. The second-order valence-electron chi connectivity index (χ2n) is 7.43. The zero-order chi connectivity index (χ0) is 18.3. The van der Waals surface area contributed by atoms with E-state index in [9.17, 15) is 4.79 Å². The number of halogens is 1. The molecule has 1 aromatic carbocycles. The van der Waals surface area contributed by atoms with E-state index in [1.54, 1.807) is 4.99 Å². The molecule has 0 bridgehead atoms. The molecule has 0 atom stereocenters. The molecular weight excluding hydrogens is 382 g/mol. The maximum atomic E-state index is 12.1. The minimum atomic E-state index is -0.429. The fraction of sp³-hybridized carbons (Fsp3) is 0.550. The van der Waals surface area contributed by atoms with Crippen molar-refractivity contribution in [3.05, 3.63) is 40.9 Å². The number of rotatable bonds is 5. The number of nitrogens with zero attached hydrogens (tertiary/aromatic N) is 1. The summed E-state index contributed by atoms with van der Waals surface area (Å²) in [5.74, 6) is 1.50. The predicted molar refractivity (Wildman–Crippen MR) is 104 cm³/mol. The van der Waals surface area contributed by atoms with Crippen LogP contribution in [0.1, 0.15) is 39.2 Å². The van der Waals surface area contributed by atoms with Gasteiger partial charge in [-0.2, -0.15) is 0 Å². The lowest BCUT2D eigenvalue weighted by molar-refractivity contribution is 0.0184. The van der Waals surface area contributed by atoms with Crippen LogP contribution in [0.15, 0.2) is 35.3 Å². The molecule has 25 heavy (non-hydrogen) atoms. The van der Waals surface area contributed by atoms with Gasteiger partial charge in [-0.3, -0.25) is 0 Å². The molecule has 138 valence electrons. The molecule has 0 spiro atoms. The van der Waals surface area contributed by atoms with Crippen molar-refractivity contribution in [1.29, 1.82) is 0 Å². The molecule has 1 aromatic rings. The average molecular weight is 410 g/mol. The molecule has 1 saturated heterocycles.